The first-order valence-corrected chi connectivity index (χ1v) is 10.7. The van der Waals surface area contributed by atoms with Gasteiger partial charge >= 0.3 is 6.18 Å². The highest BCUT2D eigenvalue weighted by Crippen LogP contribution is 2.24. The summed E-state index contributed by atoms with van der Waals surface area (Å²) < 4.78 is 42.6. The first-order chi connectivity index (χ1) is 14.3. The molecule has 0 spiro atoms. The number of rotatable bonds is 9. The minimum Gasteiger partial charge on any atom is -0.497 e. The van der Waals surface area contributed by atoms with Gasteiger partial charge in [0.25, 0.3) is 0 Å². The first-order valence-electron chi connectivity index (χ1n) is 10.7. The van der Waals surface area contributed by atoms with E-state index in [1.807, 2.05) is 12.1 Å². The van der Waals surface area contributed by atoms with Gasteiger partial charge in [-0.1, -0.05) is 19.1 Å². The number of likely N-dealkylation sites (tertiary alicyclic amines) is 1. The fourth-order valence-electron chi connectivity index (χ4n) is 3.81. The number of nitrogens with one attached hydrogen (secondary N) is 2. The van der Waals surface area contributed by atoms with E-state index in [0.717, 1.165) is 50.5 Å². The third kappa shape index (κ3) is 8.81. The van der Waals surface area contributed by atoms with Crippen molar-refractivity contribution in [3.63, 3.8) is 0 Å². The molecule has 1 aromatic carbocycles. The summed E-state index contributed by atoms with van der Waals surface area (Å²) >= 11 is 0. The maximum Gasteiger partial charge on any atom is 0.401 e. The zero-order chi connectivity index (χ0) is 22.0. The van der Waals surface area contributed by atoms with Gasteiger partial charge in [0.05, 0.1) is 13.7 Å². The lowest BCUT2D eigenvalue weighted by Gasteiger charge is -2.32. The third-order valence-corrected chi connectivity index (χ3v) is 5.73. The summed E-state index contributed by atoms with van der Waals surface area (Å²) in [6.07, 6.45) is -0.530. The van der Waals surface area contributed by atoms with Gasteiger partial charge in [-0.2, -0.15) is 13.2 Å². The van der Waals surface area contributed by atoms with E-state index in [2.05, 4.69) is 34.7 Å². The molecule has 2 N–H and O–H groups in total. The molecule has 1 saturated heterocycles. The Kier molecular flexibility index (Phi) is 9.75. The molecule has 1 atom stereocenters. The van der Waals surface area contributed by atoms with E-state index in [1.54, 1.807) is 14.2 Å². The van der Waals surface area contributed by atoms with E-state index in [1.165, 1.54) is 10.5 Å². The average Bonchev–Trinajstić information content (AvgIpc) is 2.72. The predicted molar refractivity (Wildman–Crippen MR) is 115 cm³/mol. The van der Waals surface area contributed by atoms with Crippen LogP contribution in [0.15, 0.2) is 29.3 Å². The number of methoxy groups -OCH3 is 1. The van der Waals surface area contributed by atoms with E-state index < -0.39 is 12.7 Å². The number of piperidine rings is 1. The largest absolute Gasteiger partial charge is 0.497 e. The van der Waals surface area contributed by atoms with Crippen LogP contribution in [0.3, 0.4) is 0 Å². The second-order valence-corrected chi connectivity index (χ2v) is 8.01. The smallest absolute Gasteiger partial charge is 0.401 e. The molecule has 1 fully saturated rings. The van der Waals surface area contributed by atoms with Crippen molar-refractivity contribution in [3.8, 4) is 5.75 Å². The standard InChI is InChI=1S/C22H35F3N4O/c1-17(19-4-6-20(30-3)7-5-19)8-12-27-21(26-2)28-13-9-18-10-14-29(15-11-18)16-22(23,24)25/h4-7,17-18H,8-16H2,1-3H3,(H2,26,27,28). The van der Waals surface area contributed by atoms with Gasteiger partial charge < -0.3 is 15.4 Å². The monoisotopic (exact) mass is 428 g/mol. The zero-order valence-electron chi connectivity index (χ0n) is 18.3. The normalized spacial score (nSPS) is 17.6. The molecular weight excluding hydrogens is 393 g/mol. The molecular formula is C22H35F3N4O. The van der Waals surface area contributed by atoms with Gasteiger partial charge in [0, 0.05) is 20.1 Å². The summed E-state index contributed by atoms with van der Waals surface area (Å²) in [6, 6.07) is 8.15. The van der Waals surface area contributed by atoms with Crippen molar-refractivity contribution in [2.24, 2.45) is 10.9 Å². The number of hydrogen-bond acceptors (Lipinski definition) is 3. The zero-order valence-corrected chi connectivity index (χ0v) is 18.3. The van der Waals surface area contributed by atoms with Crippen LogP contribution >= 0.6 is 0 Å². The highest BCUT2D eigenvalue weighted by Gasteiger charge is 2.32. The van der Waals surface area contributed by atoms with Crippen molar-refractivity contribution < 1.29 is 17.9 Å². The molecule has 5 nitrogen and oxygen atoms in total. The molecule has 30 heavy (non-hydrogen) atoms. The number of guanidine groups is 1. The summed E-state index contributed by atoms with van der Waals surface area (Å²) in [6.45, 7) is 4.05. The number of benzene rings is 1. The quantitative estimate of drug-likeness (QED) is 0.461. The van der Waals surface area contributed by atoms with E-state index in [-0.39, 0.29) is 0 Å². The Hall–Kier alpha value is -1.96. The van der Waals surface area contributed by atoms with Crippen LogP contribution in [0.5, 0.6) is 5.75 Å². The second kappa shape index (κ2) is 12.0. The first kappa shape index (κ1) is 24.3. The SMILES string of the molecule is CN=C(NCCC1CCN(CC(F)(F)F)CC1)NCCC(C)c1ccc(OC)cc1. The molecule has 0 aromatic heterocycles. The van der Waals surface area contributed by atoms with Gasteiger partial charge in [-0.3, -0.25) is 9.89 Å². The Bertz CT molecular complexity index is 641. The molecule has 0 radical (unpaired) electrons. The van der Waals surface area contributed by atoms with Crippen molar-refractivity contribution in [3.05, 3.63) is 29.8 Å². The molecule has 2 rings (SSSR count). The maximum atomic E-state index is 12.5. The average molecular weight is 429 g/mol. The second-order valence-electron chi connectivity index (χ2n) is 8.01. The van der Waals surface area contributed by atoms with E-state index in [4.69, 9.17) is 4.74 Å². The van der Waals surface area contributed by atoms with Crippen LogP contribution in [-0.2, 0) is 0 Å². The van der Waals surface area contributed by atoms with Crippen molar-refractivity contribution >= 4 is 5.96 Å². The summed E-state index contributed by atoms with van der Waals surface area (Å²) in [4.78, 5) is 5.77. The van der Waals surface area contributed by atoms with Gasteiger partial charge in [0.2, 0.25) is 0 Å². The van der Waals surface area contributed by atoms with Crippen LogP contribution in [-0.4, -0.2) is 63.9 Å². The fourth-order valence-corrected chi connectivity index (χ4v) is 3.81. The number of ether oxygens (including phenoxy) is 1. The summed E-state index contributed by atoms with van der Waals surface area (Å²) in [5, 5.41) is 6.67. The summed E-state index contributed by atoms with van der Waals surface area (Å²) in [5.74, 6) is 2.52. The van der Waals surface area contributed by atoms with Gasteiger partial charge in [-0.25, -0.2) is 0 Å². The number of halogens is 3. The van der Waals surface area contributed by atoms with Crippen LogP contribution in [0.4, 0.5) is 13.2 Å². The summed E-state index contributed by atoms with van der Waals surface area (Å²) in [7, 11) is 3.41. The van der Waals surface area contributed by atoms with Crippen LogP contribution in [0.1, 0.15) is 44.1 Å². The van der Waals surface area contributed by atoms with Gasteiger partial charge in [-0.05, 0) is 68.3 Å². The Morgan fingerprint density at radius 2 is 1.80 bits per heavy atom. The highest BCUT2D eigenvalue weighted by molar-refractivity contribution is 5.79. The molecule has 1 heterocycles. The maximum absolute atomic E-state index is 12.5. The van der Waals surface area contributed by atoms with E-state index in [9.17, 15) is 13.2 Å². The molecule has 170 valence electrons. The number of nitrogens with zero attached hydrogens (tertiary/aromatic N) is 2. The number of aliphatic imine (C=N–C) groups is 1. The van der Waals surface area contributed by atoms with Crippen LogP contribution in [0, 0.1) is 5.92 Å². The predicted octanol–water partition coefficient (Wildman–Crippen LogP) is 4.02. The van der Waals surface area contributed by atoms with Crippen molar-refractivity contribution in [2.75, 3.05) is 46.9 Å². The Morgan fingerprint density at radius 3 is 2.37 bits per heavy atom. The minimum absolute atomic E-state index is 0.420. The molecule has 0 amide bonds. The van der Waals surface area contributed by atoms with Crippen LogP contribution in [0.25, 0.3) is 0 Å². The Labute approximate surface area is 178 Å². The molecule has 1 aliphatic heterocycles. The van der Waals surface area contributed by atoms with E-state index in [0.29, 0.717) is 24.9 Å². The molecule has 0 bridgehead atoms. The Balaban J connectivity index is 1.61. The van der Waals surface area contributed by atoms with Crippen molar-refractivity contribution in [1.29, 1.82) is 0 Å². The Morgan fingerprint density at radius 1 is 1.17 bits per heavy atom. The lowest BCUT2D eigenvalue weighted by molar-refractivity contribution is -0.148. The topological polar surface area (TPSA) is 48.9 Å². The molecule has 0 aliphatic carbocycles. The number of alkyl halides is 3. The van der Waals surface area contributed by atoms with Crippen molar-refractivity contribution in [2.45, 2.75) is 44.7 Å². The van der Waals surface area contributed by atoms with Crippen molar-refractivity contribution in [1.82, 2.24) is 15.5 Å². The van der Waals surface area contributed by atoms with Crippen LogP contribution < -0.4 is 15.4 Å². The highest BCUT2D eigenvalue weighted by atomic mass is 19.4. The lowest BCUT2D eigenvalue weighted by atomic mass is 9.93. The van der Waals surface area contributed by atoms with Gasteiger partial charge in [-0.15, -0.1) is 0 Å². The minimum atomic E-state index is -4.10. The molecule has 8 heteroatoms. The van der Waals surface area contributed by atoms with E-state index >= 15 is 0 Å². The number of hydrogen-bond donors (Lipinski definition) is 2. The molecule has 1 aliphatic rings. The van der Waals surface area contributed by atoms with Gasteiger partial charge in [0.1, 0.15) is 5.75 Å². The van der Waals surface area contributed by atoms with Gasteiger partial charge in [0.15, 0.2) is 5.96 Å². The van der Waals surface area contributed by atoms with Crippen LogP contribution in [0.2, 0.25) is 0 Å². The molecule has 1 unspecified atom stereocenters. The fraction of sp³-hybridized carbons (Fsp3) is 0.682. The summed E-state index contributed by atoms with van der Waals surface area (Å²) in [5.41, 5.74) is 1.28. The molecule has 1 aromatic rings. The molecule has 0 saturated carbocycles. The lowest BCUT2D eigenvalue weighted by Crippen LogP contribution is -2.41. The third-order valence-electron chi connectivity index (χ3n) is 5.73.